The molecule has 1 aromatic rings. The highest BCUT2D eigenvalue weighted by Gasteiger charge is 2.31. The van der Waals surface area contributed by atoms with Gasteiger partial charge in [0.25, 0.3) is 0 Å². The summed E-state index contributed by atoms with van der Waals surface area (Å²) in [5.41, 5.74) is 0.849. The van der Waals surface area contributed by atoms with E-state index in [2.05, 4.69) is 5.32 Å². The number of nitrogens with one attached hydrogen (secondary N) is 1. The van der Waals surface area contributed by atoms with Gasteiger partial charge in [-0.1, -0.05) is 17.7 Å². The Balaban J connectivity index is 1.85. The number of hydrogen-bond acceptors (Lipinski definition) is 2. The van der Waals surface area contributed by atoms with Gasteiger partial charge in [0.2, 0.25) is 0 Å². The van der Waals surface area contributed by atoms with Gasteiger partial charge >= 0.3 is 6.03 Å². The van der Waals surface area contributed by atoms with Crippen LogP contribution in [0.15, 0.2) is 18.2 Å². The minimum absolute atomic E-state index is 0.106. The van der Waals surface area contributed by atoms with Gasteiger partial charge < -0.3 is 15.3 Å². The third-order valence-electron chi connectivity index (χ3n) is 3.13. The molecule has 0 bridgehead atoms. The van der Waals surface area contributed by atoms with Crippen molar-refractivity contribution in [1.29, 1.82) is 0 Å². The summed E-state index contributed by atoms with van der Waals surface area (Å²) in [6.07, 6.45) is -0.564. The van der Waals surface area contributed by atoms with Gasteiger partial charge in [-0.05, 0) is 24.6 Å². The van der Waals surface area contributed by atoms with Crippen LogP contribution in [0.3, 0.4) is 0 Å². The average Bonchev–Trinajstić information content (AvgIpc) is 2.29. The smallest absolute Gasteiger partial charge is 0.317 e. The summed E-state index contributed by atoms with van der Waals surface area (Å²) in [5, 5.41) is 11.8. The van der Waals surface area contributed by atoms with Crippen molar-refractivity contribution in [2.45, 2.75) is 18.9 Å². The van der Waals surface area contributed by atoms with E-state index in [0.717, 1.165) is 5.56 Å². The molecule has 6 heteroatoms. The van der Waals surface area contributed by atoms with E-state index in [-0.39, 0.29) is 23.5 Å². The van der Waals surface area contributed by atoms with Crippen molar-refractivity contribution in [2.75, 3.05) is 19.6 Å². The first-order valence-corrected chi connectivity index (χ1v) is 6.51. The molecule has 0 spiro atoms. The van der Waals surface area contributed by atoms with E-state index in [4.69, 9.17) is 16.7 Å². The number of aliphatic hydroxyl groups excluding tert-OH is 1. The number of carbonyl (C=O) groups excluding carboxylic acids is 1. The second-order valence-electron chi connectivity index (χ2n) is 4.81. The van der Waals surface area contributed by atoms with Crippen LogP contribution in [0.1, 0.15) is 18.4 Å². The number of amides is 2. The number of benzene rings is 1. The number of halogens is 2. The molecule has 1 saturated heterocycles. The van der Waals surface area contributed by atoms with E-state index in [1.54, 1.807) is 17.9 Å². The molecule has 2 amide bonds. The number of hydrogen-bond donors (Lipinski definition) is 2. The Hall–Kier alpha value is -1.33. The third kappa shape index (κ3) is 3.36. The fourth-order valence-corrected chi connectivity index (χ4v) is 2.09. The lowest BCUT2D eigenvalue weighted by molar-refractivity contribution is 0.141. The molecule has 0 aromatic heterocycles. The van der Waals surface area contributed by atoms with Gasteiger partial charge in [0, 0.05) is 25.6 Å². The number of nitrogens with zero attached hydrogens (tertiary/aromatic N) is 1. The first-order chi connectivity index (χ1) is 8.97. The summed E-state index contributed by atoms with van der Waals surface area (Å²) < 4.78 is 13.3. The van der Waals surface area contributed by atoms with Crippen LogP contribution in [0.25, 0.3) is 0 Å². The van der Waals surface area contributed by atoms with Crippen molar-refractivity contribution in [2.24, 2.45) is 0 Å². The maximum atomic E-state index is 13.3. The van der Waals surface area contributed by atoms with E-state index < -0.39 is 11.9 Å². The normalized spacial score (nSPS) is 16.9. The summed E-state index contributed by atoms with van der Waals surface area (Å²) in [7, 11) is 0. The second kappa shape index (κ2) is 5.75. The molecule has 1 aliphatic rings. The lowest BCUT2D eigenvalue weighted by Gasteiger charge is -2.39. The predicted octanol–water partition coefficient (Wildman–Crippen LogP) is 1.97. The van der Waals surface area contributed by atoms with Crippen molar-refractivity contribution < 1.29 is 14.3 Å². The zero-order valence-corrected chi connectivity index (χ0v) is 11.3. The topological polar surface area (TPSA) is 52.6 Å². The monoisotopic (exact) mass is 286 g/mol. The third-order valence-corrected chi connectivity index (χ3v) is 3.44. The molecular weight excluding hydrogens is 271 g/mol. The molecule has 1 aliphatic heterocycles. The Bertz CT molecular complexity index is 476. The van der Waals surface area contributed by atoms with E-state index in [0.29, 0.717) is 13.1 Å². The fraction of sp³-hybridized carbons (Fsp3) is 0.462. The lowest BCUT2D eigenvalue weighted by Crippen LogP contribution is -2.53. The predicted molar refractivity (Wildman–Crippen MR) is 70.8 cm³/mol. The van der Waals surface area contributed by atoms with Gasteiger partial charge in [-0.2, -0.15) is 0 Å². The maximum Gasteiger partial charge on any atom is 0.317 e. The van der Waals surface area contributed by atoms with Gasteiger partial charge in [-0.3, -0.25) is 0 Å². The van der Waals surface area contributed by atoms with Crippen LogP contribution in [-0.2, 0) is 0 Å². The fourth-order valence-electron chi connectivity index (χ4n) is 1.97. The number of urea groups is 1. The highest BCUT2D eigenvalue weighted by molar-refractivity contribution is 6.30. The SMILES string of the molecule is CC(O)CNC(=O)N1CC(c2ccc(Cl)c(F)c2)C1. The second-order valence-corrected chi connectivity index (χ2v) is 5.22. The van der Waals surface area contributed by atoms with E-state index in [1.807, 2.05) is 0 Å². The summed E-state index contributed by atoms with van der Waals surface area (Å²) in [6.45, 7) is 2.94. The van der Waals surface area contributed by atoms with Crippen molar-refractivity contribution in [3.63, 3.8) is 0 Å². The minimum atomic E-state index is -0.564. The van der Waals surface area contributed by atoms with Crippen molar-refractivity contribution in [3.8, 4) is 0 Å². The van der Waals surface area contributed by atoms with Gasteiger partial charge in [0.05, 0.1) is 11.1 Å². The lowest BCUT2D eigenvalue weighted by atomic mass is 9.92. The van der Waals surface area contributed by atoms with E-state index >= 15 is 0 Å². The largest absolute Gasteiger partial charge is 0.392 e. The number of rotatable bonds is 3. The van der Waals surface area contributed by atoms with Crippen LogP contribution in [-0.4, -0.2) is 41.8 Å². The Morgan fingerprint density at radius 3 is 2.89 bits per heavy atom. The molecule has 1 aromatic carbocycles. The van der Waals surface area contributed by atoms with Crippen molar-refractivity contribution in [3.05, 3.63) is 34.6 Å². The first kappa shape index (κ1) is 14.1. The maximum absolute atomic E-state index is 13.3. The average molecular weight is 287 g/mol. The van der Waals surface area contributed by atoms with Crippen LogP contribution in [0, 0.1) is 5.82 Å². The van der Waals surface area contributed by atoms with Crippen LogP contribution < -0.4 is 5.32 Å². The number of aliphatic hydroxyl groups is 1. The summed E-state index contributed by atoms with van der Waals surface area (Å²) >= 11 is 5.62. The zero-order valence-electron chi connectivity index (χ0n) is 10.6. The Kier molecular flexibility index (Phi) is 4.27. The Morgan fingerprint density at radius 2 is 2.32 bits per heavy atom. The Morgan fingerprint density at radius 1 is 1.63 bits per heavy atom. The number of carbonyl (C=O) groups is 1. The van der Waals surface area contributed by atoms with Crippen molar-refractivity contribution >= 4 is 17.6 Å². The van der Waals surface area contributed by atoms with Crippen LogP contribution in [0.5, 0.6) is 0 Å². The first-order valence-electron chi connectivity index (χ1n) is 6.13. The molecular formula is C13H16ClFN2O2. The summed E-state index contributed by atoms with van der Waals surface area (Å²) in [6, 6.07) is 4.52. The van der Waals surface area contributed by atoms with Crippen LogP contribution in [0.4, 0.5) is 9.18 Å². The zero-order chi connectivity index (χ0) is 14.0. The molecule has 0 aliphatic carbocycles. The minimum Gasteiger partial charge on any atom is -0.392 e. The van der Waals surface area contributed by atoms with E-state index in [1.165, 1.54) is 12.1 Å². The molecule has 1 atom stereocenters. The van der Waals surface area contributed by atoms with Crippen molar-refractivity contribution in [1.82, 2.24) is 10.2 Å². The molecule has 2 rings (SSSR count). The standard InChI is InChI=1S/C13H16ClFN2O2/c1-8(18)5-16-13(19)17-6-10(7-17)9-2-3-11(14)12(15)4-9/h2-4,8,10,18H,5-7H2,1H3,(H,16,19). The molecule has 104 valence electrons. The highest BCUT2D eigenvalue weighted by atomic mass is 35.5. The highest BCUT2D eigenvalue weighted by Crippen LogP contribution is 2.29. The molecule has 1 unspecified atom stereocenters. The van der Waals surface area contributed by atoms with Crippen LogP contribution in [0.2, 0.25) is 5.02 Å². The Labute approximate surface area is 116 Å². The van der Waals surface area contributed by atoms with Gasteiger partial charge in [0.15, 0.2) is 0 Å². The van der Waals surface area contributed by atoms with Crippen LogP contribution >= 0.6 is 11.6 Å². The molecule has 0 radical (unpaired) electrons. The molecule has 4 nitrogen and oxygen atoms in total. The molecule has 1 heterocycles. The van der Waals surface area contributed by atoms with E-state index in [9.17, 15) is 9.18 Å². The molecule has 19 heavy (non-hydrogen) atoms. The van der Waals surface area contributed by atoms with Gasteiger partial charge in [0.1, 0.15) is 5.82 Å². The summed E-state index contributed by atoms with van der Waals surface area (Å²) in [4.78, 5) is 13.3. The van der Waals surface area contributed by atoms with Gasteiger partial charge in [-0.25, -0.2) is 9.18 Å². The summed E-state index contributed by atoms with van der Waals surface area (Å²) in [5.74, 6) is -0.291. The molecule has 1 fully saturated rings. The number of likely N-dealkylation sites (tertiary alicyclic amines) is 1. The molecule has 2 N–H and O–H groups in total. The quantitative estimate of drug-likeness (QED) is 0.892. The van der Waals surface area contributed by atoms with Gasteiger partial charge in [-0.15, -0.1) is 0 Å². The molecule has 0 saturated carbocycles.